The molecule has 1 N–H and O–H groups in total. The molecule has 2 amide bonds. The lowest BCUT2D eigenvalue weighted by atomic mass is 9.82. The summed E-state index contributed by atoms with van der Waals surface area (Å²) < 4.78 is 66.2. The van der Waals surface area contributed by atoms with E-state index in [1.54, 1.807) is 0 Å². The van der Waals surface area contributed by atoms with Gasteiger partial charge in [0.25, 0.3) is 5.91 Å². The zero-order chi connectivity index (χ0) is 29.5. The van der Waals surface area contributed by atoms with Crippen LogP contribution in [0.3, 0.4) is 0 Å². The highest BCUT2D eigenvalue weighted by atomic mass is 32.2. The number of sulfonamides is 1. The molecule has 0 bridgehead atoms. The number of carbonyl (C=O) groups is 2. The molecule has 2 heterocycles. The molecular formula is C28H31F3N4O4S. The highest BCUT2D eigenvalue weighted by Gasteiger charge is 2.40. The van der Waals surface area contributed by atoms with Crippen molar-refractivity contribution in [3.63, 3.8) is 0 Å². The van der Waals surface area contributed by atoms with Gasteiger partial charge >= 0.3 is 6.18 Å². The Morgan fingerprint density at radius 2 is 1.73 bits per heavy atom. The van der Waals surface area contributed by atoms with Crippen molar-refractivity contribution in [2.24, 2.45) is 11.3 Å². The van der Waals surface area contributed by atoms with Crippen LogP contribution < -0.4 is 5.32 Å². The number of benzene rings is 2. The van der Waals surface area contributed by atoms with E-state index in [9.17, 15) is 31.2 Å². The second-order valence-electron chi connectivity index (χ2n) is 11.3. The molecule has 2 aliphatic rings. The minimum atomic E-state index is -4.48. The molecule has 0 spiro atoms. The van der Waals surface area contributed by atoms with Crippen LogP contribution in [0.5, 0.6) is 0 Å². The first-order valence-electron chi connectivity index (χ1n) is 12.9. The Morgan fingerprint density at radius 3 is 2.30 bits per heavy atom. The summed E-state index contributed by atoms with van der Waals surface area (Å²) in [6, 6.07) is 10.9. The Kier molecular flexibility index (Phi) is 8.02. The summed E-state index contributed by atoms with van der Waals surface area (Å²) in [5, 5.41) is 11.9. The van der Waals surface area contributed by atoms with E-state index < -0.39 is 51.1 Å². The van der Waals surface area contributed by atoms with E-state index in [2.05, 4.69) is 5.32 Å². The van der Waals surface area contributed by atoms with E-state index in [-0.39, 0.29) is 29.5 Å². The third kappa shape index (κ3) is 6.00. The van der Waals surface area contributed by atoms with Gasteiger partial charge in [0.1, 0.15) is 6.04 Å². The van der Waals surface area contributed by atoms with Gasteiger partial charge in [0.05, 0.1) is 28.5 Å². The zero-order valence-corrected chi connectivity index (χ0v) is 23.2. The molecule has 2 fully saturated rings. The molecule has 2 atom stereocenters. The van der Waals surface area contributed by atoms with Crippen LogP contribution in [0.1, 0.15) is 61.1 Å². The number of nitrogens with one attached hydrogen (secondary N) is 1. The molecule has 214 valence electrons. The maximum atomic E-state index is 13.5. The Bertz CT molecular complexity index is 1420. The van der Waals surface area contributed by atoms with Crippen LogP contribution in [-0.2, 0) is 21.0 Å². The summed E-state index contributed by atoms with van der Waals surface area (Å²) in [4.78, 5) is 28.3. The smallest absolute Gasteiger partial charge is 0.347 e. The Hall–Kier alpha value is -3.43. The van der Waals surface area contributed by atoms with Crippen molar-refractivity contribution in [2.75, 3.05) is 19.6 Å². The van der Waals surface area contributed by atoms with Crippen molar-refractivity contribution in [1.29, 1.82) is 5.26 Å². The summed E-state index contributed by atoms with van der Waals surface area (Å²) >= 11 is 0. The van der Waals surface area contributed by atoms with Crippen LogP contribution in [0.15, 0.2) is 53.4 Å². The minimum Gasteiger partial charge on any atom is -0.347 e. The van der Waals surface area contributed by atoms with Crippen molar-refractivity contribution < 1.29 is 31.2 Å². The summed E-state index contributed by atoms with van der Waals surface area (Å²) in [6.45, 7) is 6.06. The predicted molar refractivity (Wildman–Crippen MR) is 140 cm³/mol. The van der Waals surface area contributed by atoms with Crippen LogP contribution in [0, 0.1) is 22.7 Å². The van der Waals surface area contributed by atoms with Crippen LogP contribution >= 0.6 is 0 Å². The number of rotatable bonds is 6. The average molecular weight is 577 g/mol. The summed E-state index contributed by atoms with van der Waals surface area (Å²) in [7, 11) is -3.87. The molecule has 2 aliphatic heterocycles. The van der Waals surface area contributed by atoms with E-state index in [0.29, 0.717) is 24.9 Å². The van der Waals surface area contributed by atoms with Gasteiger partial charge in [-0.3, -0.25) is 9.59 Å². The third-order valence-electron chi connectivity index (χ3n) is 7.29. The predicted octanol–water partition coefficient (Wildman–Crippen LogP) is 4.36. The molecule has 0 unspecified atom stereocenters. The maximum Gasteiger partial charge on any atom is 0.416 e. The SMILES string of the molecule is CC(C)(C)[C@@H](NC(=O)[C@H]1CCCN1C(=O)c1cccc(S(=O)(=O)N2CC(C#N)C2)c1)c1ccc(C(F)(F)F)cc1. The Labute approximate surface area is 231 Å². The fourth-order valence-corrected chi connectivity index (χ4v) is 6.58. The number of nitrogens with zero attached hydrogens (tertiary/aromatic N) is 3. The largest absolute Gasteiger partial charge is 0.416 e. The molecule has 0 aliphatic carbocycles. The summed E-state index contributed by atoms with van der Waals surface area (Å²) in [6.07, 6.45) is -3.52. The monoisotopic (exact) mass is 576 g/mol. The van der Waals surface area contributed by atoms with Crippen molar-refractivity contribution in [2.45, 2.75) is 56.8 Å². The number of carbonyl (C=O) groups excluding carboxylic acids is 2. The first-order valence-corrected chi connectivity index (χ1v) is 14.4. The standard InChI is InChI=1S/C28H31F3N4O4S/c1-27(2,3)24(19-9-11-21(12-10-19)28(29,30)31)33-25(36)23-8-5-13-35(23)26(37)20-6-4-7-22(14-20)40(38,39)34-16-18(15-32)17-34/h4,6-7,9-12,14,18,23-24H,5,8,13,16-17H2,1-3H3,(H,33,36)/t23-,24+/m1/s1. The quantitative estimate of drug-likeness (QED) is 0.550. The topological polar surface area (TPSA) is 111 Å². The number of nitriles is 1. The lowest BCUT2D eigenvalue weighted by Gasteiger charge is -2.34. The normalized spacial score (nSPS) is 19.5. The van der Waals surface area contributed by atoms with Gasteiger partial charge in [0.15, 0.2) is 0 Å². The molecule has 2 aromatic rings. The highest BCUT2D eigenvalue weighted by molar-refractivity contribution is 7.89. The molecule has 8 nitrogen and oxygen atoms in total. The molecule has 40 heavy (non-hydrogen) atoms. The van der Waals surface area contributed by atoms with Crippen molar-refractivity contribution >= 4 is 21.8 Å². The van der Waals surface area contributed by atoms with Gasteiger partial charge in [-0.15, -0.1) is 0 Å². The Balaban J connectivity index is 1.52. The van der Waals surface area contributed by atoms with Gasteiger partial charge in [-0.1, -0.05) is 39.0 Å². The Morgan fingerprint density at radius 1 is 1.07 bits per heavy atom. The van der Waals surface area contributed by atoms with Crippen molar-refractivity contribution in [3.8, 4) is 6.07 Å². The van der Waals surface area contributed by atoms with Gasteiger partial charge < -0.3 is 10.2 Å². The van der Waals surface area contributed by atoms with E-state index >= 15 is 0 Å². The lowest BCUT2D eigenvalue weighted by molar-refractivity contribution is -0.137. The maximum absolute atomic E-state index is 13.5. The van der Waals surface area contributed by atoms with Gasteiger partial charge in [0, 0.05) is 25.2 Å². The van der Waals surface area contributed by atoms with Crippen LogP contribution in [0.25, 0.3) is 0 Å². The van der Waals surface area contributed by atoms with Crippen LogP contribution in [0.4, 0.5) is 13.2 Å². The highest BCUT2D eigenvalue weighted by Crippen LogP contribution is 2.36. The molecule has 2 aromatic carbocycles. The van der Waals surface area contributed by atoms with Gasteiger partial charge in [-0.25, -0.2) is 8.42 Å². The number of likely N-dealkylation sites (tertiary alicyclic amines) is 1. The molecule has 0 radical (unpaired) electrons. The average Bonchev–Trinajstić information content (AvgIpc) is 3.35. The second kappa shape index (κ2) is 10.9. The molecular weight excluding hydrogens is 545 g/mol. The first-order chi connectivity index (χ1) is 18.6. The fourth-order valence-electron chi connectivity index (χ4n) is 5.01. The van der Waals surface area contributed by atoms with Crippen molar-refractivity contribution in [3.05, 3.63) is 65.2 Å². The second-order valence-corrected chi connectivity index (χ2v) is 13.2. The lowest BCUT2D eigenvalue weighted by Crippen LogP contribution is -2.49. The number of alkyl halides is 3. The molecule has 12 heteroatoms. The summed E-state index contributed by atoms with van der Waals surface area (Å²) in [5.74, 6) is -1.28. The van der Waals surface area contributed by atoms with Crippen molar-refractivity contribution in [1.82, 2.24) is 14.5 Å². The molecule has 0 saturated carbocycles. The number of halogens is 3. The number of hydrogen-bond donors (Lipinski definition) is 1. The summed E-state index contributed by atoms with van der Waals surface area (Å²) in [5.41, 5.74) is -0.709. The molecule has 2 saturated heterocycles. The van der Waals surface area contributed by atoms with Crippen LogP contribution in [-0.4, -0.2) is 55.1 Å². The zero-order valence-electron chi connectivity index (χ0n) is 22.4. The fraction of sp³-hybridized carbons (Fsp3) is 0.464. The molecule has 4 rings (SSSR count). The third-order valence-corrected chi connectivity index (χ3v) is 9.12. The first kappa shape index (κ1) is 29.6. The van der Waals surface area contributed by atoms with Gasteiger partial charge in [-0.2, -0.15) is 22.7 Å². The number of hydrogen-bond acceptors (Lipinski definition) is 5. The van der Waals surface area contributed by atoms with E-state index in [4.69, 9.17) is 5.26 Å². The molecule has 0 aromatic heterocycles. The van der Waals surface area contributed by atoms with Crippen LogP contribution in [0.2, 0.25) is 0 Å². The van der Waals surface area contributed by atoms with E-state index in [1.807, 2.05) is 26.8 Å². The van der Waals surface area contributed by atoms with Gasteiger partial charge in [0.2, 0.25) is 15.9 Å². The van der Waals surface area contributed by atoms with Gasteiger partial charge in [-0.05, 0) is 54.2 Å². The minimum absolute atomic E-state index is 0.0648. The van der Waals surface area contributed by atoms with E-state index in [1.165, 1.54) is 45.6 Å². The number of amides is 2. The van der Waals surface area contributed by atoms with E-state index in [0.717, 1.165) is 12.1 Å².